The van der Waals surface area contributed by atoms with Crippen molar-refractivity contribution in [3.8, 4) is 0 Å². The Hall–Kier alpha value is -1.77. The SMILES string of the molecule is CCCCCc1ccc(C2CCC(c3cnc(F)c(F)c3)CC2)cc1. The third kappa shape index (κ3) is 4.65. The lowest BCUT2D eigenvalue weighted by Gasteiger charge is -2.29. The van der Waals surface area contributed by atoms with E-state index in [1.165, 1.54) is 49.1 Å². The number of rotatable bonds is 6. The van der Waals surface area contributed by atoms with Gasteiger partial charge in [-0.2, -0.15) is 4.39 Å². The second-order valence-electron chi connectivity index (χ2n) is 7.29. The first-order valence-electron chi connectivity index (χ1n) is 9.57. The quantitative estimate of drug-likeness (QED) is 0.429. The smallest absolute Gasteiger partial charge is 0.225 e. The number of halogens is 2. The minimum atomic E-state index is -1.00. The van der Waals surface area contributed by atoms with Gasteiger partial charge in [-0.15, -0.1) is 0 Å². The Morgan fingerprint density at radius 3 is 2.16 bits per heavy atom. The molecule has 1 aliphatic carbocycles. The molecule has 1 aliphatic rings. The fourth-order valence-electron chi connectivity index (χ4n) is 3.95. The van der Waals surface area contributed by atoms with E-state index in [-0.39, 0.29) is 0 Å². The van der Waals surface area contributed by atoms with Gasteiger partial charge < -0.3 is 0 Å². The molecule has 0 amide bonds. The van der Waals surface area contributed by atoms with Crippen LogP contribution in [-0.2, 0) is 6.42 Å². The van der Waals surface area contributed by atoms with Gasteiger partial charge in [0.25, 0.3) is 0 Å². The molecule has 0 spiro atoms. The van der Waals surface area contributed by atoms with Crippen LogP contribution in [0.3, 0.4) is 0 Å². The van der Waals surface area contributed by atoms with Gasteiger partial charge in [-0.1, -0.05) is 44.0 Å². The summed E-state index contributed by atoms with van der Waals surface area (Å²) in [6.45, 7) is 2.23. The largest absolute Gasteiger partial charge is 0.248 e. The molecule has 0 saturated heterocycles. The summed E-state index contributed by atoms with van der Waals surface area (Å²) in [6, 6.07) is 10.4. The molecule has 1 heterocycles. The number of hydrogen-bond acceptors (Lipinski definition) is 1. The van der Waals surface area contributed by atoms with Crippen molar-refractivity contribution in [2.24, 2.45) is 0 Å². The lowest BCUT2D eigenvalue weighted by Crippen LogP contribution is -2.13. The molecular formula is C22H27F2N. The Bertz CT molecular complexity index is 673. The summed E-state index contributed by atoms with van der Waals surface area (Å²) in [6.07, 6.45) is 10.7. The highest BCUT2D eigenvalue weighted by Crippen LogP contribution is 2.40. The number of aryl methyl sites for hydroxylation is 1. The van der Waals surface area contributed by atoms with Crippen LogP contribution < -0.4 is 0 Å². The summed E-state index contributed by atoms with van der Waals surface area (Å²) in [4.78, 5) is 3.53. The van der Waals surface area contributed by atoms with Crippen LogP contribution in [-0.4, -0.2) is 4.98 Å². The highest BCUT2D eigenvalue weighted by atomic mass is 19.2. The average Bonchev–Trinajstić information content (AvgIpc) is 2.65. The number of hydrogen-bond donors (Lipinski definition) is 0. The number of benzene rings is 1. The highest BCUT2D eigenvalue weighted by Gasteiger charge is 2.24. The molecule has 1 aromatic heterocycles. The molecule has 0 radical (unpaired) electrons. The topological polar surface area (TPSA) is 12.9 Å². The lowest BCUT2D eigenvalue weighted by atomic mass is 9.76. The molecule has 0 atom stereocenters. The Morgan fingerprint density at radius 2 is 1.56 bits per heavy atom. The Morgan fingerprint density at radius 1 is 0.920 bits per heavy atom. The van der Waals surface area contributed by atoms with Gasteiger partial charge in [-0.25, -0.2) is 9.37 Å². The van der Waals surface area contributed by atoms with Crippen molar-refractivity contribution in [2.75, 3.05) is 0 Å². The fraction of sp³-hybridized carbons (Fsp3) is 0.500. The third-order valence-corrected chi connectivity index (χ3v) is 5.54. The molecule has 3 rings (SSSR count). The summed E-state index contributed by atoms with van der Waals surface area (Å²) in [5, 5.41) is 0. The molecule has 0 bridgehead atoms. The van der Waals surface area contributed by atoms with Crippen molar-refractivity contribution in [3.05, 3.63) is 65.0 Å². The van der Waals surface area contributed by atoms with Crippen LogP contribution in [0.5, 0.6) is 0 Å². The molecule has 0 aliphatic heterocycles. The van der Waals surface area contributed by atoms with E-state index in [0.717, 1.165) is 31.2 Å². The first-order valence-corrected chi connectivity index (χ1v) is 9.57. The fourth-order valence-corrected chi connectivity index (χ4v) is 3.95. The Labute approximate surface area is 149 Å². The minimum absolute atomic E-state index is 0.298. The zero-order valence-electron chi connectivity index (χ0n) is 15.0. The van der Waals surface area contributed by atoms with Crippen molar-refractivity contribution in [1.29, 1.82) is 0 Å². The molecule has 0 unspecified atom stereocenters. The van der Waals surface area contributed by atoms with Crippen LogP contribution in [0.25, 0.3) is 0 Å². The monoisotopic (exact) mass is 343 g/mol. The van der Waals surface area contributed by atoms with E-state index >= 15 is 0 Å². The van der Waals surface area contributed by atoms with E-state index in [1.54, 1.807) is 0 Å². The zero-order valence-corrected chi connectivity index (χ0v) is 15.0. The molecule has 1 aromatic carbocycles. The molecule has 25 heavy (non-hydrogen) atoms. The number of unbranched alkanes of at least 4 members (excludes halogenated alkanes) is 2. The Kier molecular flexibility index (Phi) is 6.17. The van der Waals surface area contributed by atoms with Crippen molar-refractivity contribution >= 4 is 0 Å². The van der Waals surface area contributed by atoms with Crippen molar-refractivity contribution in [2.45, 2.75) is 70.1 Å². The molecule has 1 nitrogen and oxygen atoms in total. The van der Waals surface area contributed by atoms with E-state index in [9.17, 15) is 8.78 Å². The number of pyridine rings is 1. The van der Waals surface area contributed by atoms with E-state index in [1.807, 2.05) is 0 Å². The summed E-state index contributed by atoms with van der Waals surface area (Å²) in [5.41, 5.74) is 3.68. The predicted octanol–water partition coefficient (Wildman–Crippen LogP) is 6.53. The molecular weight excluding hydrogens is 316 g/mol. The second kappa shape index (κ2) is 8.55. The average molecular weight is 343 g/mol. The van der Waals surface area contributed by atoms with Gasteiger partial charge in [0.2, 0.25) is 5.95 Å². The number of nitrogens with zero attached hydrogens (tertiary/aromatic N) is 1. The molecule has 134 valence electrons. The predicted molar refractivity (Wildman–Crippen MR) is 97.8 cm³/mol. The summed E-state index contributed by atoms with van der Waals surface area (Å²) in [7, 11) is 0. The first kappa shape index (κ1) is 18.0. The van der Waals surface area contributed by atoms with Gasteiger partial charge in [0.05, 0.1) is 0 Å². The van der Waals surface area contributed by atoms with Crippen molar-refractivity contribution < 1.29 is 8.78 Å². The number of aromatic nitrogens is 1. The van der Waals surface area contributed by atoms with Gasteiger partial charge in [-0.3, -0.25) is 0 Å². The van der Waals surface area contributed by atoms with Crippen LogP contribution in [0.4, 0.5) is 8.78 Å². The standard InChI is InChI=1S/C22H27F2N/c1-2-3-4-5-16-6-8-17(9-7-16)18-10-12-19(13-11-18)20-14-21(23)22(24)25-15-20/h6-9,14-15,18-19H,2-5,10-13H2,1H3. The van der Waals surface area contributed by atoms with Crippen molar-refractivity contribution in [1.82, 2.24) is 4.98 Å². The normalized spacial score (nSPS) is 20.6. The van der Waals surface area contributed by atoms with Crippen LogP contribution in [0.15, 0.2) is 36.5 Å². The van der Waals surface area contributed by atoms with E-state index in [0.29, 0.717) is 11.8 Å². The van der Waals surface area contributed by atoms with Gasteiger partial charge in [0.15, 0.2) is 5.82 Å². The molecule has 1 saturated carbocycles. The van der Waals surface area contributed by atoms with Crippen LogP contribution in [0, 0.1) is 11.8 Å². The third-order valence-electron chi connectivity index (χ3n) is 5.54. The second-order valence-corrected chi connectivity index (χ2v) is 7.29. The van der Waals surface area contributed by atoms with Crippen molar-refractivity contribution in [3.63, 3.8) is 0 Å². The van der Waals surface area contributed by atoms with Crippen LogP contribution in [0.2, 0.25) is 0 Å². The first-order chi connectivity index (χ1) is 12.2. The van der Waals surface area contributed by atoms with Crippen LogP contribution in [0.1, 0.15) is 80.4 Å². The summed E-state index contributed by atoms with van der Waals surface area (Å²) in [5.74, 6) is -0.957. The lowest BCUT2D eigenvalue weighted by molar-refractivity contribution is 0.392. The maximum Gasteiger partial charge on any atom is 0.248 e. The van der Waals surface area contributed by atoms with Gasteiger partial charge in [0.1, 0.15) is 0 Å². The Balaban J connectivity index is 1.55. The highest BCUT2D eigenvalue weighted by molar-refractivity contribution is 5.27. The van der Waals surface area contributed by atoms with Crippen LogP contribution >= 0.6 is 0 Å². The van der Waals surface area contributed by atoms with Gasteiger partial charge >= 0.3 is 0 Å². The van der Waals surface area contributed by atoms with E-state index in [2.05, 4.69) is 36.2 Å². The summed E-state index contributed by atoms with van der Waals surface area (Å²) >= 11 is 0. The molecule has 3 heteroatoms. The molecule has 0 N–H and O–H groups in total. The summed E-state index contributed by atoms with van der Waals surface area (Å²) < 4.78 is 26.4. The van der Waals surface area contributed by atoms with E-state index in [4.69, 9.17) is 0 Å². The maximum absolute atomic E-state index is 13.4. The van der Waals surface area contributed by atoms with Gasteiger partial charge in [-0.05, 0) is 73.1 Å². The molecule has 1 fully saturated rings. The minimum Gasteiger partial charge on any atom is -0.225 e. The molecule has 2 aromatic rings. The maximum atomic E-state index is 13.4. The van der Waals surface area contributed by atoms with E-state index < -0.39 is 11.8 Å². The zero-order chi connectivity index (χ0) is 17.6. The van der Waals surface area contributed by atoms with Gasteiger partial charge in [0, 0.05) is 6.20 Å².